The molecule has 1 saturated heterocycles. The Morgan fingerprint density at radius 2 is 1.79 bits per heavy atom. The highest BCUT2D eigenvalue weighted by Crippen LogP contribution is 2.29. The van der Waals surface area contributed by atoms with Gasteiger partial charge in [0.1, 0.15) is 0 Å². The number of halogens is 1. The maximum absolute atomic E-state index is 12.5. The average Bonchev–Trinajstić information content (AvgIpc) is 3.28. The van der Waals surface area contributed by atoms with Crippen molar-refractivity contribution in [2.75, 3.05) is 18.4 Å². The summed E-state index contributed by atoms with van der Waals surface area (Å²) in [6.07, 6.45) is 6.81. The van der Waals surface area contributed by atoms with Crippen molar-refractivity contribution in [3.63, 3.8) is 0 Å². The fourth-order valence-corrected chi connectivity index (χ4v) is 4.14. The number of benzene rings is 1. The Bertz CT molecular complexity index is 1190. The highest BCUT2D eigenvalue weighted by Gasteiger charge is 2.31. The number of carboxylic acid groups (broad SMARTS) is 1. The molecule has 178 valence electrons. The van der Waals surface area contributed by atoms with Gasteiger partial charge in [-0.25, -0.2) is 14.8 Å². The zero-order chi connectivity index (χ0) is 24.5. The van der Waals surface area contributed by atoms with E-state index in [-0.39, 0.29) is 22.9 Å². The molecule has 0 unspecified atom stereocenters. The lowest BCUT2D eigenvalue weighted by atomic mass is 9.93. The molecule has 1 aliphatic rings. The van der Waals surface area contributed by atoms with Gasteiger partial charge in [-0.2, -0.15) is 5.10 Å². The van der Waals surface area contributed by atoms with Crippen molar-refractivity contribution in [2.45, 2.75) is 39.7 Å². The molecular formula is C24H27ClN6O3. The van der Waals surface area contributed by atoms with Crippen LogP contribution in [0.4, 0.5) is 11.6 Å². The first-order valence-corrected chi connectivity index (χ1v) is 11.5. The summed E-state index contributed by atoms with van der Waals surface area (Å²) in [5.74, 6) is -0.458. The third kappa shape index (κ3) is 5.20. The van der Waals surface area contributed by atoms with Gasteiger partial charge in [-0.1, -0.05) is 44.5 Å². The predicted octanol–water partition coefficient (Wildman–Crippen LogP) is 4.64. The molecule has 0 spiro atoms. The van der Waals surface area contributed by atoms with E-state index in [0.717, 1.165) is 18.5 Å². The lowest BCUT2D eigenvalue weighted by molar-refractivity contribution is -0.140. The van der Waals surface area contributed by atoms with Crippen LogP contribution in [0.25, 0.3) is 11.3 Å². The number of likely N-dealkylation sites (tertiary alicyclic amines) is 1. The lowest BCUT2D eigenvalue weighted by Crippen LogP contribution is -2.44. The number of rotatable bonds is 5. The Hall–Kier alpha value is -3.46. The minimum absolute atomic E-state index is 0.182. The van der Waals surface area contributed by atoms with Gasteiger partial charge < -0.3 is 15.3 Å². The number of nitrogens with one attached hydrogen (secondary N) is 1. The van der Waals surface area contributed by atoms with Gasteiger partial charge in [0.25, 0.3) is 0 Å². The highest BCUT2D eigenvalue weighted by atomic mass is 35.5. The number of anilines is 2. The second-order valence-electron chi connectivity index (χ2n) is 9.38. The molecule has 1 amide bonds. The number of hydrogen-bond acceptors (Lipinski definition) is 6. The summed E-state index contributed by atoms with van der Waals surface area (Å²) in [6.45, 7) is 7.27. The Kier molecular flexibility index (Phi) is 6.56. The van der Waals surface area contributed by atoms with Crippen LogP contribution >= 0.6 is 11.6 Å². The van der Waals surface area contributed by atoms with Crippen molar-refractivity contribution in [3.05, 3.63) is 53.4 Å². The normalized spacial score (nSPS) is 14.8. The fraction of sp³-hybridized carbons (Fsp3) is 0.375. The molecule has 4 rings (SSSR count). The predicted molar refractivity (Wildman–Crippen MR) is 129 cm³/mol. The molecule has 0 atom stereocenters. The van der Waals surface area contributed by atoms with Crippen molar-refractivity contribution in [1.82, 2.24) is 24.6 Å². The van der Waals surface area contributed by atoms with E-state index in [2.05, 4.69) is 20.4 Å². The summed E-state index contributed by atoms with van der Waals surface area (Å²) in [5.41, 5.74) is 1.74. The van der Waals surface area contributed by atoms with E-state index in [0.29, 0.717) is 35.3 Å². The number of piperidine rings is 1. The smallest absolute Gasteiger partial charge is 0.335 e. The van der Waals surface area contributed by atoms with Crippen LogP contribution in [-0.2, 0) is 4.79 Å². The SMILES string of the molecule is CC(C)(C)C(=O)N1CCC(n2cc(Nc3ncc(Cl)c(-c4ccc(C(=O)O)cc4)n3)cn2)CC1. The monoisotopic (exact) mass is 482 g/mol. The molecule has 3 aromatic rings. The van der Waals surface area contributed by atoms with E-state index < -0.39 is 5.97 Å². The van der Waals surface area contributed by atoms with Crippen LogP contribution in [-0.4, -0.2) is 54.7 Å². The lowest BCUT2D eigenvalue weighted by Gasteiger charge is -2.35. The summed E-state index contributed by atoms with van der Waals surface area (Å²) >= 11 is 6.29. The molecule has 0 aliphatic carbocycles. The number of nitrogens with zero attached hydrogens (tertiary/aromatic N) is 5. The van der Waals surface area contributed by atoms with Gasteiger partial charge in [0.05, 0.1) is 40.4 Å². The zero-order valence-electron chi connectivity index (χ0n) is 19.3. The number of hydrogen-bond donors (Lipinski definition) is 2. The van der Waals surface area contributed by atoms with E-state index in [1.165, 1.54) is 18.3 Å². The summed E-state index contributed by atoms with van der Waals surface area (Å²) in [7, 11) is 0. The van der Waals surface area contributed by atoms with Crippen LogP contribution in [0.5, 0.6) is 0 Å². The first-order valence-electron chi connectivity index (χ1n) is 11.1. The summed E-state index contributed by atoms with van der Waals surface area (Å²) in [6, 6.07) is 6.56. The van der Waals surface area contributed by atoms with Crippen LogP contribution in [0, 0.1) is 5.41 Å². The maximum atomic E-state index is 12.5. The third-order valence-corrected chi connectivity index (χ3v) is 6.05. The number of carbonyl (C=O) groups excluding carboxylic acids is 1. The van der Waals surface area contributed by atoms with Gasteiger partial charge in [-0.15, -0.1) is 0 Å². The number of carbonyl (C=O) groups is 2. The van der Waals surface area contributed by atoms with Crippen molar-refractivity contribution in [2.24, 2.45) is 5.41 Å². The van der Waals surface area contributed by atoms with Gasteiger partial charge in [0.15, 0.2) is 0 Å². The Labute approximate surface area is 202 Å². The molecule has 1 fully saturated rings. The van der Waals surface area contributed by atoms with Crippen LogP contribution < -0.4 is 5.32 Å². The summed E-state index contributed by atoms with van der Waals surface area (Å²) in [5, 5.41) is 17.1. The number of carboxylic acids is 1. The van der Waals surface area contributed by atoms with Crippen LogP contribution in [0.1, 0.15) is 50.0 Å². The highest BCUT2D eigenvalue weighted by molar-refractivity contribution is 6.32. The molecule has 34 heavy (non-hydrogen) atoms. The van der Waals surface area contributed by atoms with Crippen LogP contribution in [0.3, 0.4) is 0 Å². The Balaban J connectivity index is 1.43. The van der Waals surface area contributed by atoms with E-state index in [4.69, 9.17) is 16.7 Å². The van der Waals surface area contributed by atoms with Gasteiger partial charge in [-0.05, 0) is 25.0 Å². The van der Waals surface area contributed by atoms with Crippen LogP contribution in [0.2, 0.25) is 5.02 Å². The minimum Gasteiger partial charge on any atom is -0.478 e. The second kappa shape index (κ2) is 9.42. The molecular weight excluding hydrogens is 456 g/mol. The average molecular weight is 483 g/mol. The first kappa shape index (κ1) is 23.7. The molecule has 2 aromatic heterocycles. The summed E-state index contributed by atoms with van der Waals surface area (Å²) in [4.78, 5) is 34.3. The van der Waals surface area contributed by atoms with Crippen molar-refractivity contribution in [1.29, 1.82) is 0 Å². The van der Waals surface area contributed by atoms with E-state index in [1.807, 2.05) is 36.5 Å². The van der Waals surface area contributed by atoms with E-state index in [9.17, 15) is 9.59 Å². The molecule has 0 bridgehead atoms. The zero-order valence-corrected chi connectivity index (χ0v) is 20.1. The molecule has 2 N–H and O–H groups in total. The summed E-state index contributed by atoms with van der Waals surface area (Å²) < 4.78 is 1.92. The van der Waals surface area contributed by atoms with E-state index >= 15 is 0 Å². The number of aromatic nitrogens is 4. The number of amides is 1. The van der Waals surface area contributed by atoms with Crippen LogP contribution in [0.15, 0.2) is 42.9 Å². The topological polar surface area (TPSA) is 113 Å². The van der Waals surface area contributed by atoms with E-state index in [1.54, 1.807) is 18.3 Å². The number of aromatic carboxylic acids is 1. The molecule has 1 aliphatic heterocycles. The Morgan fingerprint density at radius 1 is 1.12 bits per heavy atom. The van der Waals surface area contributed by atoms with Gasteiger partial charge in [0.2, 0.25) is 11.9 Å². The fourth-order valence-electron chi connectivity index (χ4n) is 3.94. The molecule has 3 heterocycles. The Morgan fingerprint density at radius 3 is 2.41 bits per heavy atom. The third-order valence-electron chi connectivity index (χ3n) is 5.77. The minimum atomic E-state index is -0.994. The second-order valence-corrected chi connectivity index (χ2v) is 9.79. The van der Waals surface area contributed by atoms with Crippen molar-refractivity contribution in [3.8, 4) is 11.3 Å². The van der Waals surface area contributed by atoms with Gasteiger partial charge in [0, 0.05) is 30.3 Å². The van der Waals surface area contributed by atoms with Crippen molar-refractivity contribution < 1.29 is 14.7 Å². The maximum Gasteiger partial charge on any atom is 0.335 e. The standard InChI is InChI=1S/C24H27ClN6O3/c1-24(2,3)22(34)30-10-8-18(9-11-30)31-14-17(12-27-31)28-23-26-13-19(25)20(29-23)15-4-6-16(7-5-15)21(32)33/h4-7,12-14,18H,8-11H2,1-3H3,(H,32,33)(H,26,28,29). The van der Waals surface area contributed by atoms with Gasteiger partial charge in [-0.3, -0.25) is 9.48 Å². The quantitative estimate of drug-likeness (QED) is 0.544. The molecule has 0 radical (unpaired) electrons. The first-order chi connectivity index (χ1) is 16.1. The molecule has 0 saturated carbocycles. The molecule has 1 aromatic carbocycles. The molecule has 9 nitrogen and oxygen atoms in total. The largest absolute Gasteiger partial charge is 0.478 e. The molecule has 10 heteroatoms. The van der Waals surface area contributed by atoms with Gasteiger partial charge >= 0.3 is 5.97 Å². The van der Waals surface area contributed by atoms with Crippen molar-refractivity contribution >= 4 is 35.1 Å².